The number of thiophene rings is 1. The van der Waals surface area contributed by atoms with Crippen LogP contribution in [0.15, 0.2) is 9.85 Å². The van der Waals surface area contributed by atoms with Crippen LogP contribution in [-0.2, 0) is 0 Å². The molecule has 3 rings (SSSR count). The first-order chi connectivity index (χ1) is 7.15. The smallest absolute Gasteiger partial charge is 0.0887 e. The maximum Gasteiger partial charge on any atom is 0.0887 e. The van der Waals surface area contributed by atoms with Gasteiger partial charge in [0.25, 0.3) is 0 Å². The van der Waals surface area contributed by atoms with Crippen LogP contribution in [0.25, 0.3) is 0 Å². The lowest BCUT2D eigenvalue weighted by molar-refractivity contribution is 0.475. The summed E-state index contributed by atoms with van der Waals surface area (Å²) in [6.45, 7) is 0. The van der Waals surface area contributed by atoms with Crippen LogP contribution < -0.4 is 0 Å². The van der Waals surface area contributed by atoms with Gasteiger partial charge in [-0.3, -0.25) is 0 Å². The highest BCUT2D eigenvalue weighted by molar-refractivity contribution is 9.11. The lowest BCUT2D eigenvalue weighted by Gasteiger charge is -2.16. The predicted octanol–water partition coefficient (Wildman–Crippen LogP) is 5.49. The fraction of sp³-hybridized carbons (Fsp3) is 0.636. The van der Waals surface area contributed by atoms with Crippen molar-refractivity contribution in [3.05, 3.63) is 19.8 Å². The molecule has 0 aliphatic heterocycles. The molecule has 2 aliphatic carbocycles. The Kier molecular flexibility index (Phi) is 2.83. The summed E-state index contributed by atoms with van der Waals surface area (Å²) in [5.74, 6) is 2.67. The third kappa shape index (κ3) is 1.99. The molecule has 1 heterocycles. The topological polar surface area (TPSA) is 0 Å². The zero-order valence-electron chi connectivity index (χ0n) is 8.05. The van der Waals surface area contributed by atoms with E-state index in [9.17, 15) is 0 Å². The van der Waals surface area contributed by atoms with Gasteiger partial charge in [-0.15, -0.1) is 22.9 Å². The van der Waals surface area contributed by atoms with Crippen molar-refractivity contribution in [2.24, 2.45) is 17.8 Å². The quantitative estimate of drug-likeness (QED) is 0.631. The predicted molar refractivity (Wildman–Crippen MR) is 69.9 cm³/mol. The third-order valence-electron chi connectivity index (χ3n) is 3.63. The largest absolute Gasteiger partial charge is 0.130 e. The minimum atomic E-state index is 0.173. The van der Waals surface area contributed by atoms with E-state index in [1.807, 2.05) is 6.07 Å². The molecular formula is C11H11BrCl2S. The normalized spacial score (nSPS) is 35.3. The zero-order chi connectivity index (χ0) is 10.6. The van der Waals surface area contributed by atoms with E-state index in [2.05, 4.69) is 15.9 Å². The van der Waals surface area contributed by atoms with Crippen molar-refractivity contribution in [2.45, 2.75) is 24.6 Å². The second-order valence-corrected chi connectivity index (χ2v) is 7.94. The first kappa shape index (κ1) is 10.9. The lowest BCUT2D eigenvalue weighted by atomic mass is 9.98. The van der Waals surface area contributed by atoms with Crippen LogP contribution in [-0.4, -0.2) is 0 Å². The molecule has 0 N–H and O–H groups in total. The Balaban J connectivity index is 1.76. The molecule has 15 heavy (non-hydrogen) atoms. The maximum absolute atomic E-state index is 6.51. The van der Waals surface area contributed by atoms with E-state index in [0.29, 0.717) is 5.92 Å². The summed E-state index contributed by atoms with van der Waals surface area (Å²) in [6, 6.07) is 2.01. The van der Waals surface area contributed by atoms with Gasteiger partial charge in [0.1, 0.15) is 0 Å². The van der Waals surface area contributed by atoms with Gasteiger partial charge >= 0.3 is 0 Å². The van der Waals surface area contributed by atoms with Crippen molar-refractivity contribution in [3.8, 4) is 0 Å². The Bertz CT molecular complexity index is 360. The number of halogens is 3. The molecule has 1 aromatic heterocycles. The third-order valence-corrected chi connectivity index (χ3v) is 6.91. The second kappa shape index (κ2) is 3.90. The first-order valence-corrected chi connectivity index (χ1v) is 7.66. The van der Waals surface area contributed by atoms with E-state index in [4.69, 9.17) is 23.2 Å². The molecule has 0 bridgehead atoms. The number of hydrogen-bond acceptors (Lipinski definition) is 1. The van der Waals surface area contributed by atoms with Gasteiger partial charge in [-0.25, -0.2) is 0 Å². The van der Waals surface area contributed by atoms with Gasteiger partial charge in [-0.1, -0.05) is 11.6 Å². The fourth-order valence-electron chi connectivity index (χ4n) is 2.73. The molecule has 0 aromatic carbocycles. The van der Waals surface area contributed by atoms with E-state index in [1.54, 1.807) is 11.3 Å². The van der Waals surface area contributed by atoms with E-state index in [-0.39, 0.29) is 5.38 Å². The van der Waals surface area contributed by atoms with Crippen LogP contribution >= 0.6 is 50.5 Å². The number of rotatable bonds is 2. The highest BCUT2D eigenvalue weighted by Gasteiger charge is 2.48. The van der Waals surface area contributed by atoms with E-state index < -0.39 is 0 Å². The summed E-state index contributed by atoms with van der Waals surface area (Å²) < 4.78 is 1.01. The van der Waals surface area contributed by atoms with Crippen molar-refractivity contribution >= 4 is 50.5 Å². The summed E-state index contributed by atoms with van der Waals surface area (Å²) in [5, 5.41) is 0.968. The minimum Gasteiger partial charge on any atom is -0.130 e. The molecule has 1 aromatic rings. The van der Waals surface area contributed by atoms with Gasteiger partial charge in [0.15, 0.2) is 0 Å². The van der Waals surface area contributed by atoms with Crippen molar-refractivity contribution in [2.75, 3.05) is 0 Å². The van der Waals surface area contributed by atoms with Gasteiger partial charge in [0.2, 0.25) is 0 Å². The molecule has 0 spiro atoms. The molecule has 0 saturated heterocycles. The van der Waals surface area contributed by atoms with Crippen LogP contribution in [0.3, 0.4) is 0 Å². The second-order valence-electron chi connectivity index (χ2n) is 4.66. The van der Waals surface area contributed by atoms with E-state index in [0.717, 1.165) is 20.6 Å². The highest BCUT2D eigenvalue weighted by atomic mass is 79.9. The van der Waals surface area contributed by atoms with Gasteiger partial charge < -0.3 is 0 Å². The standard InChI is InChI=1S/C11H11BrCl2S/c12-11-8(13)4-9(15-11)10(14)7-2-5-1-6(5)3-7/h4-7,10H,1-3H2. The summed E-state index contributed by atoms with van der Waals surface area (Å²) in [6.07, 6.45) is 4.10. The molecule has 3 atom stereocenters. The SMILES string of the molecule is Clc1cc(C(Cl)C2CC3CC3C2)sc1Br. The van der Waals surface area contributed by atoms with Gasteiger partial charge in [0, 0.05) is 4.88 Å². The summed E-state index contributed by atoms with van der Waals surface area (Å²) in [4.78, 5) is 1.22. The number of hydrogen-bond donors (Lipinski definition) is 0. The van der Waals surface area contributed by atoms with Gasteiger partial charge in [0.05, 0.1) is 14.2 Å². The molecule has 0 nitrogen and oxygen atoms in total. The van der Waals surface area contributed by atoms with E-state index in [1.165, 1.54) is 24.1 Å². The van der Waals surface area contributed by atoms with Crippen LogP contribution in [0.4, 0.5) is 0 Å². The van der Waals surface area contributed by atoms with Crippen LogP contribution in [0.5, 0.6) is 0 Å². The molecule has 3 unspecified atom stereocenters. The monoisotopic (exact) mass is 324 g/mol. The van der Waals surface area contributed by atoms with Crippen LogP contribution in [0.2, 0.25) is 5.02 Å². The number of alkyl halides is 1. The maximum atomic E-state index is 6.51. The Hall–Kier alpha value is 0.760. The van der Waals surface area contributed by atoms with Crippen LogP contribution in [0.1, 0.15) is 29.5 Å². The Morgan fingerprint density at radius 1 is 1.33 bits per heavy atom. The Morgan fingerprint density at radius 3 is 2.53 bits per heavy atom. The van der Waals surface area contributed by atoms with Crippen LogP contribution in [0, 0.1) is 17.8 Å². The zero-order valence-corrected chi connectivity index (χ0v) is 12.0. The lowest BCUT2D eigenvalue weighted by Crippen LogP contribution is -2.04. The summed E-state index contributed by atoms with van der Waals surface area (Å²) in [7, 11) is 0. The van der Waals surface area contributed by atoms with Gasteiger partial charge in [-0.05, 0) is 59.0 Å². The Morgan fingerprint density at radius 2 is 2.00 bits per heavy atom. The molecule has 0 radical (unpaired) electrons. The molecular weight excluding hydrogens is 315 g/mol. The van der Waals surface area contributed by atoms with Crippen molar-refractivity contribution < 1.29 is 0 Å². The average Bonchev–Trinajstić information content (AvgIpc) is 2.66. The summed E-state index contributed by atoms with van der Waals surface area (Å²) >= 11 is 17.7. The molecule has 4 heteroatoms. The van der Waals surface area contributed by atoms with Crippen molar-refractivity contribution in [3.63, 3.8) is 0 Å². The molecule has 2 saturated carbocycles. The van der Waals surface area contributed by atoms with Crippen molar-refractivity contribution in [1.29, 1.82) is 0 Å². The number of fused-ring (bicyclic) bond motifs is 1. The Labute approximate surface area is 112 Å². The molecule has 2 fully saturated rings. The molecule has 2 aliphatic rings. The minimum absolute atomic E-state index is 0.173. The first-order valence-electron chi connectivity index (χ1n) is 5.24. The van der Waals surface area contributed by atoms with E-state index >= 15 is 0 Å². The highest BCUT2D eigenvalue weighted by Crippen LogP contribution is 2.59. The van der Waals surface area contributed by atoms with Crippen molar-refractivity contribution in [1.82, 2.24) is 0 Å². The average molecular weight is 326 g/mol. The van der Waals surface area contributed by atoms with Gasteiger partial charge in [-0.2, -0.15) is 0 Å². The molecule has 0 amide bonds. The summed E-state index contributed by atoms with van der Waals surface area (Å²) in [5.41, 5.74) is 0. The fourth-order valence-corrected chi connectivity index (χ4v) is 4.95. The molecule has 82 valence electrons.